The Balaban J connectivity index is 2.51. The van der Waals surface area contributed by atoms with Gasteiger partial charge < -0.3 is 16.4 Å². The van der Waals surface area contributed by atoms with E-state index >= 15 is 0 Å². The number of thiophene rings is 1. The third kappa shape index (κ3) is 5.18. The standard InChI is InChI=1S/C12H19N3O2S/c1-2-3-6-14-11(16)8-9(15-12(13)17)10-5-4-7-18-10/h4-5,7,9H,2-3,6,8H2,1H3,(H,14,16)(H3,13,15,17). The Morgan fingerprint density at radius 1 is 1.50 bits per heavy atom. The van der Waals surface area contributed by atoms with Gasteiger partial charge in [-0.05, 0) is 17.9 Å². The fourth-order valence-corrected chi connectivity index (χ4v) is 2.32. The minimum Gasteiger partial charge on any atom is -0.356 e. The van der Waals surface area contributed by atoms with E-state index in [4.69, 9.17) is 5.73 Å². The van der Waals surface area contributed by atoms with Crippen LogP contribution in [0.2, 0.25) is 0 Å². The lowest BCUT2D eigenvalue weighted by molar-refractivity contribution is -0.121. The topological polar surface area (TPSA) is 84.2 Å². The number of hydrogen-bond donors (Lipinski definition) is 3. The predicted octanol–water partition coefficient (Wildman–Crippen LogP) is 1.76. The highest BCUT2D eigenvalue weighted by Crippen LogP contribution is 2.21. The van der Waals surface area contributed by atoms with Gasteiger partial charge in [0.05, 0.1) is 12.5 Å². The Morgan fingerprint density at radius 3 is 2.83 bits per heavy atom. The van der Waals surface area contributed by atoms with E-state index < -0.39 is 6.03 Å². The smallest absolute Gasteiger partial charge is 0.312 e. The monoisotopic (exact) mass is 269 g/mol. The summed E-state index contributed by atoms with van der Waals surface area (Å²) in [4.78, 5) is 23.6. The number of nitrogens with one attached hydrogen (secondary N) is 2. The molecule has 0 bridgehead atoms. The number of urea groups is 1. The number of carbonyl (C=O) groups is 2. The molecule has 0 aliphatic heterocycles. The minimum absolute atomic E-state index is 0.0735. The van der Waals surface area contributed by atoms with Crippen LogP contribution in [0.3, 0.4) is 0 Å². The molecule has 3 amide bonds. The molecule has 1 rings (SSSR count). The molecule has 0 fully saturated rings. The van der Waals surface area contributed by atoms with Crippen LogP contribution in [-0.4, -0.2) is 18.5 Å². The van der Waals surface area contributed by atoms with E-state index in [1.54, 1.807) is 0 Å². The molecular weight excluding hydrogens is 250 g/mol. The van der Waals surface area contributed by atoms with E-state index in [-0.39, 0.29) is 18.4 Å². The molecule has 100 valence electrons. The van der Waals surface area contributed by atoms with Crippen molar-refractivity contribution < 1.29 is 9.59 Å². The van der Waals surface area contributed by atoms with Gasteiger partial charge in [0.25, 0.3) is 0 Å². The van der Waals surface area contributed by atoms with E-state index in [2.05, 4.69) is 17.6 Å². The average molecular weight is 269 g/mol. The van der Waals surface area contributed by atoms with E-state index in [1.165, 1.54) is 11.3 Å². The van der Waals surface area contributed by atoms with Crippen LogP contribution >= 0.6 is 11.3 Å². The summed E-state index contributed by atoms with van der Waals surface area (Å²) >= 11 is 1.49. The van der Waals surface area contributed by atoms with E-state index in [0.717, 1.165) is 17.7 Å². The lowest BCUT2D eigenvalue weighted by Gasteiger charge is -2.15. The number of carbonyl (C=O) groups excluding carboxylic acids is 2. The molecular formula is C12H19N3O2S. The van der Waals surface area contributed by atoms with Crippen LogP contribution in [0.5, 0.6) is 0 Å². The van der Waals surface area contributed by atoms with Gasteiger partial charge in [0.2, 0.25) is 5.91 Å². The summed E-state index contributed by atoms with van der Waals surface area (Å²) < 4.78 is 0. The summed E-state index contributed by atoms with van der Waals surface area (Å²) in [5, 5.41) is 7.32. The zero-order valence-corrected chi connectivity index (χ0v) is 11.3. The third-order valence-corrected chi connectivity index (χ3v) is 3.43. The molecule has 0 saturated heterocycles. The zero-order chi connectivity index (χ0) is 13.4. The third-order valence-electron chi connectivity index (χ3n) is 2.45. The average Bonchev–Trinajstić information content (AvgIpc) is 2.81. The van der Waals surface area contributed by atoms with E-state index in [1.807, 2.05) is 17.5 Å². The first-order chi connectivity index (χ1) is 8.63. The fraction of sp³-hybridized carbons (Fsp3) is 0.500. The largest absolute Gasteiger partial charge is 0.356 e. The van der Waals surface area contributed by atoms with Crippen LogP contribution in [0.15, 0.2) is 17.5 Å². The Bertz CT molecular complexity index is 379. The van der Waals surface area contributed by atoms with Crippen molar-refractivity contribution in [1.82, 2.24) is 10.6 Å². The highest BCUT2D eigenvalue weighted by atomic mass is 32.1. The number of amides is 3. The Hall–Kier alpha value is -1.56. The van der Waals surface area contributed by atoms with Gasteiger partial charge in [-0.3, -0.25) is 4.79 Å². The van der Waals surface area contributed by atoms with Crippen LogP contribution in [0.1, 0.15) is 37.1 Å². The van der Waals surface area contributed by atoms with Crippen molar-refractivity contribution in [3.8, 4) is 0 Å². The van der Waals surface area contributed by atoms with Crippen molar-refractivity contribution >= 4 is 23.3 Å². The Kier molecular flexibility index (Phi) is 6.21. The van der Waals surface area contributed by atoms with Crippen molar-refractivity contribution in [3.05, 3.63) is 22.4 Å². The Labute approximate surface area is 111 Å². The van der Waals surface area contributed by atoms with Gasteiger partial charge >= 0.3 is 6.03 Å². The normalized spacial score (nSPS) is 11.8. The van der Waals surface area contributed by atoms with Gasteiger partial charge in [-0.1, -0.05) is 19.4 Å². The first-order valence-electron chi connectivity index (χ1n) is 5.99. The maximum atomic E-state index is 11.7. The number of unbranched alkanes of at least 4 members (excludes halogenated alkanes) is 1. The number of rotatable bonds is 7. The molecule has 0 spiro atoms. The summed E-state index contributed by atoms with van der Waals surface area (Å²) in [5.74, 6) is -0.0735. The second-order valence-corrected chi connectivity index (χ2v) is 4.96. The number of primary amides is 1. The van der Waals surface area contributed by atoms with Gasteiger partial charge in [0, 0.05) is 11.4 Å². The Morgan fingerprint density at radius 2 is 2.28 bits per heavy atom. The molecule has 18 heavy (non-hydrogen) atoms. The molecule has 1 atom stereocenters. The van der Waals surface area contributed by atoms with Crippen molar-refractivity contribution in [2.75, 3.05) is 6.54 Å². The molecule has 5 nitrogen and oxygen atoms in total. The number of hydrogen-bond acceptors (Lipinski definition) is 3. The van der Waals surface area contributed by atoms with Crippen molar-refractivity contribution in [3.63, 3.8) is 0 Å². The maximum absolute atomic E-state index is 11.7. The van der Waals surface area contributed by atoms with Crippen molar-refractivity contribution in [2.24, 2.45) is 5.73 Å². The highest BCUT2D eigenvalue weighted by molar-refractivity contribution is 7.10. The quantitative estimate of drug-likeness (QED) is 0.659. The van der Waals surface area contributed by atoms with Crippen molar-refractivity contribution in [1.29, 1.82) is 0 Å². The summed E-state index contributed by atoms with van der Waals surface area (Å²) in [6.45, 7) is 2.73. The minimum atomic E-state index is -0.616. The van der Waals surface area contributed by atoms with Crippen LogP contribution in [0.4, 0.5) is 4.79 Å². The van der Waals surface area contributed by atoms with Crippen LogP contribution in [0.25, 0.3) is 0 Å². The van der Waals surface area contributed by atoms with E-state index in [0.29, 0.717) is 6.54 Å². The molecule has 1 heterocycles. The second-order valence-electron chi connectivity index (χ2n) is 3.98. The first-order valence-corrected chi connectivity index (χ1v) is 6.87. The first kappa shape index (κ1) is 14.5. The molecule has 0 aliphatic rings. The van der Waals surface area contributed by atoms with Crippen LogP contribution < -0.4 is 16.4 Å². The molecule has 1 aromatic heterocycles. The summed E-state index contributed by atoms with van der Waals surface area (Å²) in [7, 11) is 0. The molecule has 1 unspecified atom stereocenters. The maximum Gasteiger partial charge on any atom is 0.312 e. The van der Waals surface area contributed by atoms with Crippen LogP contribution in [0, 0.1) is 0 Å². The van der Waals surface area contributed by atoms with Crippen molar-refractivity contribution in [2.45, 2.75) is 32.2 Å². The van der Waals surface area contributed by atoms with Gasteiger partial charge in [0.15, 0.2) is 0 Å². The molecule has 0 saturated carbocycles. The van der Waals surface area contributed by atoms with Crippen LogP contribution in [-0.2, 0) is 4.79 Å². The SMILES string of the molecule is CCCCNC(=O)CC(NC(N)=O)c1cccs1. The van der Waals surface area contributed by atoms with Gasteiger partial charge in [0.1, 0.15) is 0 Å². The van der Waals surface area contributed by atoms with E-state index in [9.17, 15) is 9.59 Å². The number of nitrogens with two attached hydrogens (primary N) is 1. The van der Waals surface area contributed by atoms with Gasteiger partial charge in [-0.2, -0.15) is 0 Å². The lowest BCUT2D eigenvalue weighted by Crippen LogP contribution is -2.36. The molecule has 1 aromatic rings. The van der Waals surface area contributed by atoms with Gasteiger partial charge in [-0.25, -0.2) is 4.79 Å². The molecule has 6 heteroatoms. The molecule has 0 aliphatic carbocycles. The highest BCUT2D eigenvalue weighted by Gasteiger charge is 2.17. The summed E-state index contributed by atoms with van der Waals surface area (Å²) in [6, 6.07) is 2.80. The summed E-state index contributed by atoms with van der Waals surface area (Å²) in [6.07, 6.45) is 2.21. The summed E-state index contributed by atoms with van der Waals surface area (Å²) in [5.41, 5.74) is 5.12. The molecule has 4 N–H and O–H groups in total. The van der Waals surface area contributed by atoms with Gasteiger partial charge in [-0.15, -0.1) is 11.3 Å². The zero-order valence-electron chi connectivity index (χ0n) is 10.4. The molecule has 0 aromatic carbocycles. The lowest BCUT2D eigenvalue weighted by atomic mass is 10.1. The fourth-order valence-electron chi connectivity index (χ4n) is 1.55. The predicted molar refractivity (Wildman–Crippen MR) is 72.3 cm³/mol. The molecule has 0 radical (unpaired) electrons. The second kappa shape index (κ2) is 7.71.